The maximum absolute atomic E-state index is 10.2. The highest BCUT2D eigenvalue weighted by Gasteiger charge is 2.38. The van der Waals surface area contributed by atoms with Crippen molar-refractivity contribution in [3.05, 3.63) is 0 Å². The van der Waals surface area contributed by atoms with E-state index in [-0.39, 0.29) is 31.0 Å². The Morgan fingerprint density at radius 2 is 1.77 bits per heavy atom. The monoisotopic (exact) mass is 346 g/mol. The Hall–Kier alpha value is 0.540. The first-order chi connectivity index (χ1) is 10.3. The van der Waals surface area contributed by atoms with Crippen LogP contribution in [0.5, 0.6) is 0 Å². The van der Waals surface area contributed by atoms with Gasteiger partial charge in [0.15, 0.2) is 0 Å². The molecule has 2 rings (SSSR count). The number of methoxy groups -OCH3 is 1. The highest BCUT2D eigenvalue weighted by atomic mass is 32.5. The van der Waals surface area contributed by atoms with Gasteiger partial charge in [0.05, 0.1) is 24.9 Å². The zero-order valence-electron chi connectivity index (χ0n) is 12.8. The van der Waals surface area contributed by atoms with Crippen LogP contribution in [0.3, 0.4) is 0 Å². The van der Waals surface area contributed by atoms with E-state index >= 15 is 0 Å². The fourth-order valence-corrected chi connectivity index (χ4v) is 4.21. The lowest BCUT2D eigenvalue weighted by atomic mass is 9.96. The lowest BCUT2D eigenvalue weighted by Crippen LogP contribution is -2.29. The Balaban J connectivity index is 1.84. The van der Waals surface area contributed by atoms with Crippen molar-refractivity contribution in [1.82, 2.24) is 0 Å². The number of hydrogen-bond donors (Lipinski definition) is 1. The van der Waals surface area contributed by atoms with Crippen LogP contribution in [0.25, 0.3) is 0 Å². The highest BCUT2D eigenvalue weighted by Crippen LogP contribution is 2.48. The molecule has 0 aliphatic carbocycles. The van der Waals surface area contributed by atoms with Crippen molar-refractivity contribution >= 4 is 34.2 Å². The van der Waals surface area contributed by atoms with E-state index < -0.39 is 18.7 Å². The fourth-order valence-electron chi connectivity index (χ4n) is 2.73. The molecular formula is C12H21B2O6PS. The molecule has 4 radical (unpaired) electrons. The summed E-state index contributed by atoms with van der Waals surface area (Å²) in [6.07, 6.45) is 0.672. The average molecular weight is 346 g/mol. The Morgan fingerprint density at radius 3 is 2.36 bits per heavy atom. The lowest BCUT2D eigenvalue weighted by Gasteiger charge is -2.25. The molecule has 0 bridgehead atoms. The van der Waals surface area contributed by atoms with Crippen molar-refractivity contribution in [1.29, 1.82) is 0 Å². The molecule has 6 nitrogen and oxygen atoms in total. The lowest BCUT2D eigenvalue weighted by molar-refractivity contribution is -0.0226. The molecule has 0 aromatic carbocycles. The summed E-state index contributed by atoms with van der Waals surface area (Å²) >= 11 is 5.06. The van der Waals surface area contributed by atoms with E-state index in [4.69, 9.17) is 50.8 Å². The van der Waals surface area contributed by atoms with Crippen molar-refractivity contribution in [2.45, 2.75) is 62.6 Å². The molecule has 10 heteroatoms. The zero-order chi connectivity index (χ0) is 16.3. The second kappa shape index (κ2) is 8.08. The first-order valence-electron chi connectivity index (χ1n) is 7.35. The average Bonchev–Trinajstić information content (AvgIpc) is 2.98. The van der Waals surface area contributed by atoms with E-state index in [9.17, 15) is 4.89 Å². The van der Waals surface area contributed by atoms with Gasteiger partial charge >= 0.3 is 6.72 Å². The SMILES string of the molecule is [B][C@H]1CC(OC)[C@@H](COP(O)(=S)OC2C[C@H]([B])O[C@@H]2CC)O1. The van der Waals surface area contributed by atoms with Gasteiger partial charge in [-0.2, -0.15) is 0 Å². The Labute approximate surface area is 139 Å². The standard InChI is InChI=1S/C12H21B2O6PS/c1-3-7-9(5-12(14)18-7)20-21(15,22)17-6-10-8(16-2)4-11(13)19-10/h7-12H,3-6H2,1-2H3,(H,15,22)/t7-,8?,9?,10-,11-,12-,21?/m1/s1. The summed E-state index contributed by atoms with van der Waals surface area (Å²) in [6, 6.07) is -0.805. The van der Waals surface area contributed by atoms with Gasteiger partial charge in [0.1, 0.15) is 21.8 Å². The molecule has 0 amide bonds. The van der Waals surface area contributed by atoms with Gasteiger partial charge in [-0.05, 0) is 31.1 Å². The van der Waals surface area contributed by atoms with Crippen molar-refractivity contribution in [3.8, 4) is 0 Å². The summed E-state index contributed by atoms with van der Waals surface area (Å²) in [5.74, 6) is 0. The Morgan fingerprint density at radius 1 is 1.18 bits per heavy atom. The summed E-state index contributed by atoms with van der Waals surface area (Å²) < 4.78 is 27.2. The minimum Gasteiger partial charge on any atom is -0.382 e. The van der Waals surface area contributed by atoms with Gasteiger partial charge < -0.3 is 28.2 Å². The molecule has 0 aromatic rings. The van der Waals surface area contributed by atoms with Gasteiger partial charge in [0.25, 0.3) is 0 Å². The summed E-state index contributed by atoms with van der Waals surface area (Å²) in [6.45, 7) is -1.38. The summed E-state index contributed by atoms with van der Waals surface area (Å²) in [5.41, 5.74) is 0. The minimum atomic E-state index is -3.41. The molecule has 2 fully saturated rings. The molecule has 0 aromatic heterocycles. The fraction of sp³-hybridized carbons (Fsp3) is 1.00. The van der Waals surface area contributed by atoms with Crippen LogP contribution in [-0.2, 0) is 35.1 Å². The van der Waals surface area contributed by atoms with Gasteiger partial charge in [-0.3, -0.25) is 0 Å². The van der Waals surface area contributed by atoms with Crippen molar-refractivity contribution in [3.63, 3.8) is 0 Å². The van der Waals surface area contributed by atoms with E-state index in [1.165, 1.54) is 0 Å². The summed E-state index contributed by atoms with van der Waals surface area (Å²) in [5, 5.41) is 0. The topological polar surface area (TPSA) is 66.4 Å². The second-order valence-electron chi connectivity index (χ2n) is 5.49. The van der Waals surface area contributed by atoms with Crippen LogP contribution in [0.2, 0.25) is 0 Å². The van der Waals surface area contributed by atoms with Crippen LogP contribution in [0.4, 0.5) is 0 Å². The largest absolute Gasteiger partial charge is 0.382 e. The predicted octanol–water partition coefficient (Wildman–Crippen LogP) is 0.597. The van der Waals surface area contributed by atoms with E-state index in [1.807, 2.05) is 6.92 Å². The van der Waals surface area contributed by atoms with Crippen molar-refractivity contribution < 1.29 is 28.2 Å². The maximum atomic E-state index is 10.2. The molecule has 2 aliphatic heterocycles. The minimum absolute atomic E-state index is 0.0659. The highest BCUT2D eigenvalue weighted by molar-refractivity contribution is 8.07. The molecule has 2 heterocycles. The molecule has 22 heavy (non-hydrogen) atoms. The van der Waals surface area contributed by atoms with Crippen LogP contribution >= 0.6 is 6.72 Å². The first-order valence-corrected chi connectivity index (χ1v) is 9.94. The van der Waals surface area contributed by atoms with Crippen molar-refractivity contribution in [2.75, 3.05) is 13.7 Å². The summed E-state index contributed by atoms with van der Waals surface area (Å²) in [7, 11) is 13.0. The molecule has 0 spiro atoms. The molecule has 1 N–H and O–H groups in total. The third kappa shape index (κ3) is 5.02. The van der Waals surface area contributed by atoms with Crippen molar-refractivity contribution in [2.24, 2.45) is 0 Å². The molecule has 3 unspecified atom stereocenters. The van der Waals surface area contributed by atoms with Gasteiger partial charge in [0.2, 0.25) is 0 Å². The normalized spacial score (nSPS) is 41.6. The number of rotatable bonds is 7. The van der Waals surface area contributed by atoms with E-state index in [0.29, 0.717) is 12.8 Å². The smallest absolute Gasteiger partial charge is 0.324 e. The van der Waals surface area contributed by atoms with Crippen LogP contribution in [0.1, 0.15) is 26.2 Å². The molecule has 2 aliphatic rings. The quantitative estimate of drug-likeness (QED) is 0.535. The summed E-state index contributed by atoms with van der Waals surface area (Å²) in [4.78, 5) is 10.2. The third-order valence-electron chi connectivity index (χ3n) is 3.83. The van der Waals surface area contributed by atoms with Gasteiger partial charge in [-0.1, -0.05) is 6.92 Å². The van der Waals surface area contributed by atoms with Gasteiger partial charge in [-0.15, -0.1) is 0 Å². The van der Waals surface area contributed by atoms with Crippen LogP contribution in [0, 0.1) is 0 Å². The molecule has 7 atom stereocenters. The van der Waals surface area contributed by atoms with Gasteiger partial charge in [-0.25, -0.2) is 0 Å². The van der Waals surface area contributed by atoms with E-state index in [0.717, 1.165) is 6.42 Å². The second-order valence-corrected chi connectivity index (χ2v) is 8.28. The third-order valence-corrected chi connectivity index (χ3v) is 5.42. The Bertz CT molecular complexity index is 417. The van der Waals surface area contributed by atoms with E-state index in [2.05, 4.69) is 0 Å². The van der Waals surface area contributed by atoms with Crippen LogP contribution in [0.15, 0.2) is 0 Å². The zero-order valence-corrected chi connectivity index (χ0v) is 14.5. The number of ether oxygens (including phenoxy) is 3. The maximum Gasteiger partial charge on any atom is 0.324 e. The van der Waals surface area contributed by atoms with Crippen LogP contribution < -0.4 is 0 Å². The van der Waals surface area contributed by atoms with Crippen LogP contribution in [-0.4, -0.2) is 70.7 Å². The molecule has 122 valence electrons. The first kappa shape index (κ1) is 18.9. The van der Waals surface area contributed by atoms with Gasteiger partial charge in [0, 0.05) is 19.1 Å². The molecular weight excluding hydrogens is 325 g/mol. The predicted molar refractivity (Wildman–Crippen MR) is 86.5 cm³/mol. The van der Waals surface area contributed by atoms with E-state index in [1.54, 1.807) is 7.11 Å². The molecule has 2 saturated heterocycles. The number of hydrogen-bond acceptors (Lipinski definition) is 6. The Kier molecular flexibility index (Phi) is 6.93. The molecule has 0 saturated carbocycles.